The molecule has 172 valence electrons. The van der Waals surface area contributed by atoms with Crippen LogP contribution in [0.3, 0.4) is 0 Å². The summed E-state index contributed by atoms with van der Waals surface area (Å²) in [6.07, 6.45) is 0. The Morgan fingerprint density at radius 2 is 1.71 bits per heavy atom. The second-order valence-corrected chi connectivity index (χ2v) is 8.41. The largest absolute Gasteiger partial charge is 0.348 e. The van der Waals surface area contributed by atoms with E-state index in [9.17, 15) is 19.2 Å². The van der Waals surface area contributed by atoms with Gasteiger partial charge in [-0.1, -0.05) is 54.1 Å². The van der Waals surface area contributed by atoms with E-state index in [4.69, 9.17) is 11.6 Å². The van der Waals surface area contributed by atoms with Gasteiger partial charge in [0.1, 0.15) is 6.54 Å². The number of amides is 1. The lowest BCUT2D eigenvalue weighted by atomic mass is 10.1. The second-order valence-electron chi connectivity index (χ2n) is 7.98. The zero-order valence-electron chi connectivity index (χ0n) is 18.6. The van der Waals surface area contributed by atoms with Crippen LogP contribution in [0.2, 0.25) is 5.02 Å². The number of carbonyl (C=O) groups excluding carboxylic acids is 2. The van der Waals surface area contributed by atoms with Crippen molar-refractivity contribution in [1.82, 2.24) is 14.5 Å². The fourth-order valence-electron chi connectivity index (χ4n) is 3.84. The molecule has 7 nitrogen and oxygen atoms in total. The zero-order valence-corrected chi connectivity index (χ0v) is 19.4. The fourth-order valence-corrected chi connectivity index (χ4v) is 4.01. The number of aromatic nitrogens is 2. The summed E-state index contributed by atoms with van der Waals surface area (Å²) in [6, 6.07) is 20.0. The number of carbonyl (C=O) groups is 2. The maximum Gasteiger partial charge on any atom is 0.336 e. The van der Waals surface area contributed by atoms with Crippen LogP contribution in [-0.4, -0.2) is 20.8 Å². The van der Waals surface area contributed by atoms with Gasteiger partial charge in [-0.3, -0.25) is 19.0 Å². The minimum Gasteiger partial charge on any atom is -0.348 e. The summed E-state index contributed by atoms with van der Waals surface area (Å²) >= 11 is 6.15. The molecule has 34 heavy (non-hydrogen) atoms. The van der Waals surface area contributed by atoms with Crippen molar-refractivity contribution in [3.63, 3.8) is 0 Å². The molecular weight excluding hydrogens is 454 g/mol. The molecule has 1 aromatic heterocycles. The van der Waals surface area contributed by atoms with E-state index in [0.29, 0.717) is 10.6 Å². The van der Waals surface area contributed by atoms with Gasteiger partial charge < -0.3 is 5.32 Å². The first-order valence-corrected chi connectivity index (χ1v) is 11.0. The molecule has 0 radical (unpaired) electrons. The highest BCUT2D eigenvalue weighted by atomic mass is 35.5. The molecule has 0 aliphatic carbocycles. The number of halogens is 1. The Morgan fingerprint density at radius 3 is 2.41 bits per heavy atom. The predicted octanol–water partition coefficient (Wildman–Crippen LogP) is 3.89. The van der Waals surface area contributed by atoms with Crippen molar-refractivity contribution in [3.05, 3.63) is 110 Å². The Morgan fingerprint density at radius 1 is 0.971 bits per heavy atom. The lowest BCUT2D eigenvalue weighted by Crippen LogP contribution is -2.42. The van der Waals surface area contributed by atoms with Crippen LogP contribution < -0.4 is 16.6 Å². The second kappa shape index (κ2) is 9.49. The van der Waals surface area contributed by atoms with Crippen molar-refractivity contribution in [2.75, 3.05) is 0 Å². The van der Waals surface area contributed by atoms with Crippen LogP contribution in [0.4, 0.5) is 0 Å². The first-order valence-electron chi connectivity index (χ1n) is 10.7. The lowest BCUT2D eigenvalue weighted by Gasteiger charge is -2.17. The third-order valence-corrected chi connectivity index (χ3v) is 5.83. The Labute approximate surface area is 200 Å². The summed E-state index contributed by atoms with van der Waals surface area (Å²) in [5.41, 5.74) is 0.508. The number of nitrogens with one attached hydrogen (secondary N) is 1. The van der Waals surface area contributed by atoms with E-state index in [0.717, 1.165) is 10.1 Å². The average Bonchev–Trinajstić information content (AvgIpc) is 2.82. The molecule has 0 fully saturated rings. The summed E-state index contributed by atoms with van der Waals surface area (Å²) in [5, 5.41) is 3.44. The van der Waals surface area contributed by atoms with Gasteiger partial charge in [0.25, 0.3) is 5.56 Å². The molecule has 3 aromatic carbocycles. The highest BCUT2D eigenvalue weighted by Gasteiger charge is 2.18. The van der Waals surface area contributed by atoms with Gasteiger partial charge in [0.15, 0.2) is 5.78 Å². The molecule has 0 bridgehead atoms. The van der Waals surface area contributed by atoms with Crippen molar-refractivity contribution < 1.29 is 9.59 Å². The van der Waals surface area contributed by atoms with E-state index < -0.39 is 17.2 Å². The summed E-state index contributed by atoms with van der Waals surface area (Å²) in [6.45, 7) is 2.93. The van der Waals surface area contributed by atoms with Gasteiger partial charge in [-0.25, -0.2) is 9.36 Å². The molecule has 1 heterocycles. The predicted molar refractivity (Wildman–Crippen MR) is 132 cm³/mol. The smallest absolute Gasteiger partial charge is 0.336 e. The molecule has 0 spiro atoms. The molecule has 0 aliphatic rings. The maximum atomic E-state index is 13.5. The van der Waals surface area contributed by atoms with E-state index in [-0.39, 0.29) is 35.0 Å². The van der Waals surface area contributed by atoms with E-state index >= 15 is 0 Å². The van der Waals surface area contributed by atoms with E-state index in [1.165, 1.54) is 29.7 Å². The fraction of sp³-hybridized carbons (Fsp3) is 0.154. The molecule has 4 aromatic rings. The normalized spacial score (nSPS) is 11.9. The minimum absolute atomic E-state index is 0.197. The van der Waals surface area contributed by atoms with Crippen LogP contribution in [0.15, 0.2) is 82.4 Å². The Hall–Kier alpha value is -3.97. The summed E-state index contributed by atoms with van der Waals surface area (Å²) in [4.78, 5) is 51.5. The van der Waals surface area contributed by atoms with E-state index in [1.807, 2.05) is 37.3 Å². The summed E-state index contributed by atoms with van der Waals surface area (Å²) in [7, 11) is 0. The SMILES string of the molecule is CC(=O)c1cccc(-n2c(=O)c3ccc(Cl)cc3n(CC(=O)N[C@H](C)c3ccccc3)c2=O)c1. The first-order chi connectivity index (χ1) is 16.3. The first kappa shape index (κ1) is 23.2. The number of hydrogen-bond acceptors (Lipinski definition) is 4. The number of rotatable bonds is 6. The van der Waals surface area contributed by atoms with Crippen LogP contribution in [0, 0.1) is 0 Å². The van der Waals surface area contributed by atoms with Crippen molar-refractivity contribution in [3.8, 4) is 5.69 Å². The number of nitrogens with zero attached hydrogens (tertiary/aromatic N) is 2. The molecule has 0 aliphatic heterocycles. The Kier molecular flexibility index (Phi) is 6.47. The van der Waals surface area contributed by atoms with Crippen LogP contribution in [0.5, 0.6) is 0 Å². The molecule has 4 rings (SSSR count). The number of hydrogen-bond donors (Lipinski definition) is 1. The number of ketones is 1. The standard InChI is InChI=1S/C26H22ClN3O4/c1-16(18-7-4-3-5-8-18)28-24(32)15-29-23-14-20(27)11-12-22(23)25(33)30(26(29)34)21-10-6-9-19(13-21)17(2)31/h3-14,16H,15H2,1-2H3,(H,28,32)/t16-/m1/s1. The van der Waals surface area contributed by atoms with Gasteiger partial charge in [-0.2, -0.15) is 0 Å². The quantitative estimate of drug-likeness (QED) is 0.428. The van der Waals surface area contributed by atoms with Crippen molar-refractivity contribution in [1.29, 1.82) is 0 Å². The van der Waals surface area contributed by atoms with Gasteiger partial charge in [-0.15, -0.1) is 0 Å². The highest BCUT2D eigenvalue weighted by Crippen LogP contribution is 2.18. The van der Waals surface area contributed by atoms with Gasteiger partial charge in [0.05, 0.1) is 22.6 Å². The molecule has 1 atom stereocenters. The molecule has 0 saturated carbocycles. The molecule has 0 unspecified atom stereocenters. The third kappa shape index (κ3) is 4.56. The molecular formula is C26H22ClN3O4. The van der Waals surface area contributed by atoms with E-state index in [2.05, 4.69) is 5.32 Å². The van der Waals surface area contributed by atoms with Gasteiger partial charge in [-0.05, 0) is 49.7 Å². The zero-order chi connectivity index (χ0) is 24.4. The minimum atomic E-state index is -0.706. The van der Waals surface area contributed by atoms with Crippen LogP contribution in [0.1, 0.15) is 35.8 Å². The maximum absolute atomic E-state index is 13.5. The van der Waals surface area contributed by atoms with Gasteiger partial charge in [0.2, 0.25) is 5.91 Å². The highest BCUT2D eigenvalue weighted by molar-refractivity contribution is 6.31. The van der Waals surface area contributed by atoms with Crippen molar-refractivity contribution >= 4 is 34.2 Å². The number of fused-ring (bicyclic) bond motifs is 1. The average molecular weight is 476 g/mol. The summed E-state index contributed by atoms with van der Waals surface area (Å²) < 4.78 is 2.19. The van der Waals surface area contributed by atoms with Crippen molar-refractivity contribution in [2.45, 2.75) is 26.4 Å². The lowest BCUT2D eigenvalue weighted by molar-refractivity contribution is -0.122. The van der Waals surface area contributed by atoms with Crippen LogP contribution in [-0.2, 0) is 11.3 Å². The Bertz CT molecular complexity index is 1520. The number of benzene rings is 3. The Balaban J connectivity index is 1.83. The van der Waals surface area contributed by atoms with Gasteiger partial charge >= 0.3 is 5.69 Å². The molecule has 8 heteroatoms. The molecule has 0 saturated heterocycles. The third-order valence-electron chi connectivity index (χ3n) is 5.60. The monoisotopic (exact) mass is 475 g/mol. The molecule has 1 amide bonds. The van der Waals surface area contributed by atoms with Crippen LogP contribution in [0.25, 0.3) is 16.6 Å². The summed E-state index contributed by atoms with van der Waals surface area (Å²) in [5.74, 6) is -0.598. The molecule has 1 N–H and O–H groups in total. The number of Topliss-reactive ketones (excluding diaryl/α,β-unsaturated/α-hetero) is 1. The van der Waals surface area contributed by atoms with Crippen LogP contribution >= 0.6 is 11.6 Å². The van der Waals surface area contributed by atoms with Crippen molar-refractivity contribution in [2.24, 2.45) is 0 Å². The topological polar surface area (TPSA) is 90.2 Å². The van der Waals surface area contributed by atoms with E-state index in [1.54, 1.807) is 24.3 Å². The van der Waals surface area contributed by atoms with Gasteiger partial charge in [0, 0.05) is 10.6 Å².